The van der Waals surface area contributed by atoms with Crippen molar-refractivity contribution < 1.29 is 14.6 Å². The summed E-state index contributed by atoms with van der Waals surface area (Å²) in [4.78, 5) is 16.8. The van der Waals surface area contributed by atoms with E-state index in [-0.39, 0.29) is 0 Å². The van der Waals surface area contributed by atoms with E-state index in [0.29, 0.717) is 11.3 Å². The summed E-state index contributed by atoms with van der Waals surface area (Å²) in [5, 5.41) is 10.9. The monoisotopic (exact) mass is 363 g/mol. The summed E-state index contributed by atoms with van der Waals surface area (Å²) in [5.41, 5.74) is 4.47. The van der Waals surface area contributed by atoms with Crippen molar-refractivity contribution in [1.29, 1.82) is 0 Å². The molecule has 140 valence electrons. The molecule has 1 atom stereocenters. The predicted molar refractivity (Wildman–Crippen MR) is 108 cm³/mol. The third-order valence-corrected chi connectivity index (χ3v) is 4.39. The van der Waals surface area contributed by atoms with Crippen LogP contribution in [0, 0.1) is 13.8 Å². The van der Waals surface area contributed by atoms with Crippen molar-refractivity contribution in [3.05, 3.63) is 65.4 Å². The van der Waals surface area contributed by atoms with Gasteiger partial charge in [-0.05, 0) is 51.8 Å². The van der Waals surface area contributed by atoms with E-state index in [4.69, 9.17) is 4.74 Å². The number of carboxylic acid groups (broad SMARTS) is 1. The summed E-state index contributed by atoms with van der Waals surface area (Å²) in [5.74, 6) is -1.01. The number of rotatable bonds is 4. The van der Waals surface area contributed by atoms with Gasteiger partial charge < -0.3 is 9.84 Å². The summed E-state index contributed by atoms with van der Waals surface area (Å²) < 4.78 is 5.97. The molecule has 1 heterocycles. The minimum atomic E-state index is -1.10. The van der Waals surface area contributed by atoms with Crippen molar-refractivity contribution in [1.82, 2.24) is 4.98 Å². The van der Waals surface area contributed by atoms with Crippen molar-refractivity contribution in [2.24, 2.45) is 0 Å². The minimum absolute atomic E-state index is 0.606. The van der Waals surface area contributed by atoms with Crippen LogP contribution in [0.1, 0.15) is 43.7 Å². The van der Waals surface area contributed by atoms with Crippen LogP contribution in [0.5, 0.6) is 0 Å². The zero-order valence-electron chi connectivity index (χ0n) is 16.4. The Kier molecular flexibility index (Phi) is 5.03. The van der Waals surface area contributed by atoms with Crippen molar-refractivity contribution in [3.63, 3.8) is 0 Å². The Morgan fingerprint density at radius 2 is 1.78 bits per heavy atom. The fourth-order valence-corrected chi connectivity index (χ4v) is 3.37. The first-order valence-corrected chi connectivity index (χ1v) is 9.04. The predicted octanol–water partition coefficient (Wildman–Crippen LogP) is 5.46. The Bertz CT molecular complexity index is 1000. The number of benzene rings is 2. The van der Waals surface area contributed by atoms with Crippen molar-refractivity contribution in [2.45, 2.75) is 46.3 Å². The van der Waals surface area contributed by atoms with E-state index in [1.165, 1.54) is 0 Å². The average Bonchev–Trinajstić information content (AvgIpc) is 2.58. The molecule has 0 aliphatic carbocycles. The number of pyridine rings is 1. The van der Waals surface area contributed by atoms with Gasteiger partial charge in [0.2, 0.25) is 0 Å². The van der Waals surface area contributed by atoms with Crippen LogP contribution in [0.15, 0.2) is 48.5 Å². The Morgan fingerprint density at radius 3 is 2.41 bits per heavy atom. The lowest BCUT2D eigenvalue weighted by Crippen LogP contribution is -2.28. The van der Waals surface area contributed by atoms with Gasteiger partial charge in [-0.15, -0.1) is 0 Å². The Morgan fingerprint density at radius 1 is 1.07 bits per heavy atom. The zero-order chi connectivity index (χ0) is 19.8. The van der Waals surface area contributed by atoms with Gasteiger partial charge in [0, 0.05) is 16.6 Å². The van der Waals surface area contributed by atoms with E-state index in [1.54, 1.807) is 0 Å². The second-order valence-electron chi connectivity index (χ2n) is 7.82. The number of aromatic nitrogens is 1. The third kappa shape index (κ3) is 4.01. The Balaban J connectivity index is 2.39. The van der Waals surface area contributed by atoms with Crippen LogP contribution in [0.25, 0.3) is 22.0 Å². The number of ether oxygens (including phenoxy) is 1. The van der Waals surface area contributed by atoms with Gasteiger partial charge in [0.15, 0.2) is 6.10 Å². The number of aliphatic carboxylic acids is 1. The number of para-hydroxylation sites is 1. The molecule has 0 amide bonds. The molecule has 0 aliphatic heterocycles. The number of hydrogen-bond donors (Lipinski definition) is 1. The molecule has 0 spiro atoms. The summed E-state index contributed by atoms with van der Waals surface area (Å²) in [6.07, 6.45) is -1.10. The Hall–Kier alpha value is -2.72. The molecular weight excluding hydrogens is 338 g/mol. The summed E-state index contributed by atoms with van der Waals surface area (Å²) in [6, 6.07) is 15.9. The topological polar surface area (TPSA) is 59.4 Å². The molecular formula is C23H25NO3. The van der Waals surface area contributed by atoms with Crippen LogP contribution in [0.4, 0.5) is 0 Å². The molecule has 0 saturated carbocycles. The second-order valence-corrected chi connectivity index (χ2v) is 7.82. The molecule has 4 heteroatoms. The van der Waals surface area contributed by atoms with Gasteiger partial charge in [0.05, 0.1) is 11.1 Å². The van der Waals surface area contributed by atoms with Gasteiger partial charge in [0.25, 0.3) is 0 Å². The van der Waals surface area contributed by atoms with Crippen molar-refractivity contribution in [3.8, 4) is 11.1 Å². The number of nitrogens with zero attached hydrogens (tertiary/aromatic N) is 1. The van der Waals surface area contributed by atoms with E-state index in [2.05, 4.69) is 11.1 Å². The van der Waals surface area contributed by atoms with Crippen LogP contribution in [-0.4, -0.2) is 21.7 Å². The fraction of sp³-hybridized carbons (Fsp3) is 0.304. The number of fused-ring (bicyclic) bond motifs is 1. The maximum atomic E-state index is 12.2. The molecule has 0 aliphatic rings. The molecule has 3 aromatic rings. The zero-order valence-corrected chi connectivity index (χ0v) is 16.4. The minimum Gasteiger partial charge on any atom is -0.479 e. The molecule has 1 unspecified atom stereocenters. The van der Waals surface area contributed by atoms with Crippen LogP contribution < -0.4 is 0 Å². The van der Waals surface area contributed by atoms with Gasteiger partial charge in [-0.2, -0.15) is 0 Å². The van der Waals surface area contributed by atoms with Gasteiger partial charge in [-0.1, -0.05) is 48.0 Å². The summed E-state index contributed by atoms with van der Waals surface area (Å²) in [6.45, 7) is 9.46. The van der Waals surface area contributed by atoms with E-state index in [1.807, 2.05) is 77.1 Å². The highest BCUT2D eigenvalue weighted by Gasteiger charge is 2.32. The number of carboxylic acids is 1. The van der Waals surface area contributed by atoms with Crippen LogP contribution in [0.2, 0.25) is 0 Å². The molecule has 3 rings (SSSR count). The van der Waals surface area contributed by atoms with Gasteiger partial charge in [0.1, 0.15) is 0 Å². The number of hydrogen-bond acceptors (Lipinski definition) is 3. The molecule has 0 fully saturated rings. The first kappa shape index (κ1) is 19.1. The molecule has 0 bridgehead atoms. The second kappa shape index (κ2) is 7.12. The van der Waals surface area contributed by atoms with Gasteiger partial charge in [-0.25, -0.2) is 4.79 Å². The van der Waals surface area contributed by atoms with E-state index in [9.17, 15) is 9.90 Å². The quantitative estimate of drug-likeness (QED) is 0.669. The van der Waals surface area contributed by atoms with Crippen LogP contribution in [0.3, 0.4) is 0 Å². The Labute approximate surface area is 159 Å². The lowest BCUT2D eigenvalue weighted by molar-refractivity contribution is -0.160. The van der Waals surface area contributed by atoms with E-state index < -0.39 is 17.7 Å². The molecule has 0 saturated heterocycles. The first-order chi connectivity index (χ1) is 12.7. The SMILES string of the molecule is Cc1cccc(-c2c(C(OC(C)(C)C)C(=O)O)c(C)nc3ccccc23)c1. The third-order valence-electron chi connectivity index (χ3n) is 4.39. The lowest BCUT2D eigenvalue weighted by atomic mass is 9.90. The molecule has 27 heavy (non-hydrogen) atoms. The maximum Gasteiger partial charge on any atom is 0.337 e. The van der Waals surface area contributed by atoms with Crippen LogP contribution >= 0.6 is 0 Å². The molecule has 2 aromatic carbocycles. The van der Waals surface area contributed by atoms with E-state index in [0.717, 1.165) is 27.6 Å². The normalized spacial score (nSPS) is 12.9. The highest BCUT2D eigenvalue weighted by atomic mass is 16.5. The first-order valence-electron chi connectivity index (χ1n) is 9.04. The largest absolute Gasteiger partial charge is 0.479 e. The standard InChI is InChI=1S/C23H25NO3/c1-14-9-8-10-16(13-14)20-17-11-6-7-12-18(17)24-15(2)19(20)21(22(25)26)27-23(3,4)5/h6-13,21H,1-5H3,(H,25,26). The molecule has 1 N–H and O–H groups in total. The van der Waals surface area contributed by atoms with Gasteiger partial charge >= 0.3 is 5.97 Å². The number of carbonyl (C=O) groups is 1. The smallest absolute Gasteiger partial charge is 0.337 e. The average molecular weight is 363 g/mol. The lowest BCUT2D eigenvalue weighted by Gasteiger charge is -2.28. The van der Waals surface area contributed by atoms with Crippen LogP contribution in [-0.2, 0) is 9.53 Å². The molecule has 0 radical (unpaired) electrons. The number of aryl methyl sites for hydroxylation is 2. The summed E-state index contributed by atoms with van der Waals surface area (Å²) >= 11 is 0. The molecule has 4 nitrogen and oxygen atoms in total. The van der Waals surface area contributed by atoms with Gasteiger partial charge in [-0.3, -0.25) is 4.98 Å². The van der Waals surface area contributed by atoms with Crippen molar-refractivity contribution >= 4 is 16.9 Å². The highest BCUT2D eigenvalue weighted by molar-refractivity contribution is 5.98. The molecule has 1 aromatic heterocycles. The highest BCUT2D eigenvalue weighted by Crippen LogP contribution is 2.39. The summed E-state index contributed by atoms with van der Waals surface area (Å²) in [7, 11) is 0. The van der Waals surface area contributed by atoms with E-state index >= 15 is 0 Å². The van der Waals surface area contributed by atoms with Crippen molar-refractivity contribution in [2.75, 3.05) is 0 Å². The maximum absolute atomic E-state index is 12.2. The fourth-order valence-electron chi connectivity index (χ4n) is 3.37.